The smallest absolute Gasteiger partial charge is 0.319 e. The SMILES string of the molecule is CCCCC(CC)CNC(=O)Nc1ccc(OCCOC)nc1. The van der Waals surface area contributed by atoms with Crippen LogP contribution in [0.2, 0.25) is 0 Å². The number of anilines is 1. The van der Waals surface area contributed by atoms with Crippen molar-refractivity contribution in [1.29, 1.82) is 0 Å². The van der Waals surface area contributed by atoms with Crippen LogP contribution in [0.4, 0.5) is 10.5 Å². The van der Waals surface area contributed by atoms with Crippen LogP contribution >= 0.6 is 0 Å². The van der Waals surface area contributed by atoms with Gasteiger partial charge in [0.15, 0.2) is 0 Å². The summed E-state index contributed by atoms with van der Waals surface area (Å²) in [7, 11) is 1.62. The van der Waals surface area contributed by atoms with Crippen LogP contribution in [-0.4, -0.2) is 37.9 Å². The van der Waals surface area contributed by atoms with Crippen molar-refractivity contribution in [3.63, 3.8) is 0 Å². The van der Waals surface area contributed by atoms with E-state index in [0.717, 1.165) is 12.8 Å². The summed E-state index contributed by atoms with van der Waals surface area (Å²) in [6, 6.07) is 3.29. The number of hydrogen-bond donors (Lipinski definition) is 2. The maximum Gasteiger partial charge on any atom is 0.319 e. The molecular formula is C17H29N3O3. The number of carbonyl (C=O) groups excluding carboxylic acids is 1. The molecule has 0 fully saturated rings. The standard InChI is InChI=1S/C17H29N3O3/c1-4-6-7-14(5-2)12-19-17(21)20-15-8-9-16(18-13-15)23-11-10-22-3/h8-9,13-14H,4-7,10-12H2,1-3H3,(H2,19,20,21). The van der Waals surface area contributed by atoms with Crippen molar-refractivity contribution in [2.75, 3.05) is 32.2 Å². The number of aromatic nitrogens is 1. The van der Waals surface area contributed by atoms with E-state index in [9.17, 15) is 4.79 Å². The lowest BCUT2D eigenvalue weighted by molar-refractivity contribution is 0.144. The lowest BCUT2D eigenvalue weighted by Crippen LogP contribution is -2.33. The number of nitrogens with one attached hydrogen (secondary N) is 2. The molecule has 0 aliphatic carbocycles. The van der Waals surface area contributed by atoms with Crippen LogP contribution in [0.1, 0.15) is 39.5 Å². The molecule has 1 unspecified atom stereocenters. The van der Waals surface area contributed by atoms with Gasteiger partial charge in [0.05, 0.1) is 18.5 Å². The second-order valence-corrected chi connectivity index (χ2v) is 5.48. The summed E-state index contributed by atoms with van der Waals surface area (Å²) in [6.45, 7) is 6.01. The van der Waals surface area contributed by atoms with Gasteiger partial charge in [-0.2, -0.15) is 0 Å². The van der Waals surface area contributed by atoms with Gasteiger partial charge in [-0.05, 0) is 18.4 Å². The van der Waals surface area contributed by atoms with Gasteiger partial charge in [0.1, 0.15) is 6.61 Å². The van der Waals surface area contributed by atoms with Gasteiger partial charge in [-0.15, -0.1) is 0 Å². The molecule has 2 amide bonds. The van der Waals surface area contributed by atoms with E-state index in [2.05, 4.69) is 29.5 Å². The number of nitrogens with zero attached hydrogens (tertiary/aromatic N) is 1. The maximum absolute atomic E-state index is 11.9. The number of carbonyl (C=O) groups is 1. The molecule has 0 spiro atoms. The monoisotopic (exact) mass is 323 g/mol. The van der Waals surface area contributed by atoms with Gasteiger partial charge in [0.2, 0.25) is 5.88 Å². The molecule has 1 rings (SSSR count). The third kappa shape index (κ3) is 8.40. The van der Waals surface area contributed by atoms with Crippen LogP contribution in [0.25, 0.3) is 0 Å². The molecule has 23 heavy (non-hydrogen) atoms. The molecule has 0 saturated carbocycles. The number of unbranched alkanes of at least 4 members (excludes halogenated alkanes) is 1. The summed E-state index contributed by atoms with van der Waals surface area (Å²) >= 11 is 0. The van der Waals surface area contributed by atoms with Crippen LogP contribution in [0.5, 0.6) is 5.88 Å². The second-order valence-electron chi connectivity index (χ2n) is 5.48. The lowest BCUT2D eigenvalue weighted by Gasteiger charge is -2.15. The minimum Gasteiger partial charge on any atom is -0.475 e. The average Bonchev–Trinajstić information content (AvgIpc) is 2.57. The highest BCUT2D eigenvalue weighted by Gasteiger charge is 2.08. The van der Waals surface area contributed by atoms with Gasteiger partial charge >= 0.3 is 6.03 Å². The largest absolute Gasteiger partial charge is 0.475 e. The fourth-order valence-corrected chi connectivity index (χ4v) is 2.12. The maximum atomic E-state index is 11.9. The Morgan fingerprint density at radius 3 is 2.74 bits per heavy atom. The summed E-state index contributed by atoms with van der Waals surface area (Å²) < 4.78 is 10.3. The Kier molecular flexibility index (Phi) is 9.79. The van der Waals surface area contributed by atoms with Crippen molar-refractivity contribution in [3.8, 4) is 5.88 Å². The molecule has 0 aliphatic rings. The molecule has 0 radical (unpaired) electrons. The summed E-state index contributed by atoms with van der Waals surface area (Å²) in [6.07, 6.45) is 6.21. The number of amides is 2. The third-order valence-electron chi connectivity index (χ3n) is 3.63. The first-order valence-corrected chi connectivity index (χ1v) is 8.32. The van der Waals surface area contributed by atoms with E-state index >= 15 is 0 Å². The predicted octanol–water partition coefficient (Wildman–Crippen LogP) is 3.44. The van der Waals surface area contributed by atoms with Gasteiger partial charge in [-0.1, -0.05) is 33.1 Å². The quantitative estimate of drug-likeness (QED) is 0.612. The number of urea groups is 1. The lowest BCUT2D eigenvalue weighted by atomic mass is 9.99. The molecular weight excluding hydrogens is 294 g/mol. The average molecular weight is 323 g/mol. The van der Waals surface area contributed by atoms with Crippen molar-refractivity contribution in [2.24, 2.45) is 5.92 Å². The van der Waals surface area contributed by atoms with Crippen molar-refractivity contribution in [3.05, 3.63) is 18.3 Å². The number of methoxy groups -OCH3 is 1. The highest BCUT2D eigenvalue weighted by molar-refractivity contribution is 5.88. The molecule has 1 heterocycles. The van der Waals surface area contributed by atoms with E-state index in [1.54, 1.807) is 25.4 Å². The first kappa shape index (κ1) is 19.2. The Bertz CT molecular complexity index is 437. The van der Waals surface area contributed by atoms with Crippen LogP contribution < -0.4 is 15.4 Å². The zero-order chi connectivity index (χ0) is 16.9. The van der Waals surface area contributed by atoms with Crippen LogP contribution in [-0.2, 0) is 4.74 Å². The molecule has 1 aromatic heterocycles. The van der Waals surface area contributed by atoms with E-state index in [-0.39, 0.29) is 6.03 Å². The zero-order valence-electron chi connectivity index (χ0n) is 14.4. The van der Waals surface area contributed by atoms with Crippen LogP contribution in [0.15, 0.2) is 18.3 Å². The normalized spacial score (nSPS) is 11.8. The predicted molar refractivity (Wildman–Crippen MR) is 91.9 cm³/mol. The topological polar surface area (TPSA) is 72.5 Å². The third-order valence-corrected chi connectivity index (χ3v) is 3.63. The summed E-state index contributed by atoms with van der Waals surface area (Å²) in [5, 5.41) is 5.70. The first-order valence-electron chi connectivity index (χ1n) is 8.32. The zero-order valence-corrected chi connectivity index (χ0v) is 14.4. The number of pyridine rings is 1. The minimum atomic E-state index is -0.199. The van der Waals surface area contributed by atoms with Gasteiger partial charge in [-0.25, -0.2) is 9.78 Å². The molecule has 6 heteroatoms. The Labute approximate surface area is 139 Å². The van der Waals surface area contributed by atoms with E-state index in [0.29, 0.717) is 37.2 Å². The minimum absolute atomic E-state index is 0.199. The molecule has 2 N–H and O–H groups in total. The fourth-order valence-electron chi connectivity index (χ4n) is 2.12. The molecule has 0 bridgehead atoms. The number of hydrogen-bond acceptors (Lipinski definition) is 4. The highest BCUT2D eigenvalue weighted by Crippen LogP contribution is 2.13. The Balaban J connectivity index is 2.33. The van der Waals surface area contributed by atoms with Crippen LogP contribution in [0.3, 0.4) is 0 Å². The number of ether oxygens (including phenoxy) is 2. The van der Waals surface area contributed by atoms with Gasteiger partial charge in [0, 0.05) is 19.7 Å². The molecule has 6 nitrogen and oxygen atoms in total. The highest BCUT2D eigenvalue weighted by atomic mass is 16.5. The van der Waals surface area contributed by atoms with E-state index in [1.807, 2.05) is 0 Å². The molecule has 1 aromatic rings. The Morgan fingerprint density at radius 2 is 2.13 bits per heavy atom. The van der Waals surface area contributed by atoms with Crippen molar-refractivity contribution in [2.45, 2.75) is 39.5 Å². The van der Waals surface area contributed by atoms with Crippen molar-refractivity contribution < 1.29 is 14.3 Å². The fraction of sp³-hybridized carbons (Fsp3) is 0.647. The molecule has 1 atom stereocenters. The summed E-state index contributed by atoms with van der Waals surface area (Å²) in [5.41, 5.74) is 0.642. The summed E-state index contributed by atoms with van der Waals surface area (Å²) in [4.78, 5) is 16.0. The van der Waals surface area contributed by atoms with Crippen LogP contribution in [0, 0.1) is 5.92 Å². The van der Waals surface area contributed by atoms with Crippen molar-refractivity contribution in [1.82, 2.24) is 10.3 Å². The summed E-state index contributed by atoms with van der Waals surface area (Å²) in [5.74, 6) is 1.05. The van der Waals surface area contributed by atoms with E-state index in [4.69, 9.17) is 9.47 Å². The number of rotatable bonds is 11. The Morgan fingerprint density at radius 1 is 1.30 bits per heavy atom. The van der Waals surface area contributed by atoms with Gasteiger partial charge in [-0.3, -0.25) is 0 Å². The first-order chi connectivity index (χ1) is 11.2. The Hall–Kier alpha value is -1.82. The molecule has 0 aromatic carbocycles. The van der Waals surface area contributed by atoms with Crippen molar-refractivity contribution >= 4 is 11.7 Å². The second kappa shape index (κ2) is 11.7. The van der Waals surface area contributed by atoms with Gasteiger partial charge < -0.3 is 20.1 Å². The molecule has 130 valence electrons. The van der Waals surface area contributed by atoms with E-state index in [1.165, 1.54) is 12.8 Å². The molecule has 0 aliphatic heterocycles. The molecule has 0 saturated heterocycles. The van der Waals surface area contributed by atoms with Gasteiger partial charge in [0.25, 0.3) is 0 Å². The van der Waals surface area contributed by atoms with E-state index < -0.39 is 0 Å².